The Morgan fingerprint density at radius 1 is 1.18 bits per heavy atom. The number of ether oxygens (including phenoxy) is 1. The molecule has 0 saturated heterocycles. The molecule has 0 fully saturated rings. The van der Waals surface area contributed by atoms with Crippen molar-refractivity contribution < 1.29 is 27.1 Å². The molecule has 1 atom stereocenters. The van der Waals surface area contributed by atoms with Crippen LogP contribution in [0.2, 0.25) is 0 Å². The van der Waals surface area contributed by atoms with Gasteiger partial charge in [-0.15, -0.1) is 10.2 Å². The summed E-state index contributed by atoms with van der Waals surface area (Å²) in [5.41, 5.74) is -0.260. The zero-order valence-corrected chi connectivity index (χ0v) is 15.3. The lowest BCUT2D eigenvalue weighted by Crippen LogP contribution is -2.15. The molecular formula is C18H14F3N3O3S. The molecule has 3 aromatic rings. The van der Waals surface area contributed by atoms with E-state index in [4.69, 9.17) is 9.15 Å². The number of para-hydroxylation sites is 1. The van der Waals surface area contributed by atoms with Crippen LogP contribution in [-0.4, -0.2) is 21.9 Å². The largest absolute Gasteiger partial charge is 0.478 e. The molecule has 0 radical (unpaired) electrons. The van der Waals surface area contributed by atoms with E-state index in [1.54, 1.807) is 13.0 Å². The average Bonchev–Trinajstić information content (AvgIpc) is 3.14. The molecule has 1 N–H and O–H groups in total. The third-order valence-corrected chi connectivity index (χ3v) is 4.26. The number of carbonyl (C=O) groups is 1. The van der Waals surface area contributed by atoms with Crippen molar-refractivity contribution in [2.45, 2.75) is 18.3 Å². The molecule has 1 heterocycles. The van der Waals surface area contributed by atoms with Gasteiger partial charge in [0.2, 0.25) is 5.91 Å². The van der Waals surface area contributed by atoms with Crippen LogP contribution in [0.4, 0.5) is 18.9 Å². The fraction of sp³-hybridized carbons (Fsp3) is 0.167. The summed E-state index contributed by atoms with van der Waals surface area (Å²) in [7, 11) is 0. The van der Waals surface area contributed by atoms with E-state index in [2.05, 4.69) is 15.5 Å². The van der Waals surface area contributed by atoms with Gasteiger partial charge in [0.15, 0.2) is 17.7 Å². The normalized spacial score (nSPS) is 11.9. The molecule has 1 aromatic heterocycles. The van der Waals surface area contributed by atoms with Crippen molar-refractivity contribution in [3.8, 4) is 5.75 Å². The highest BCUT2D eigenvalue weighted by Gasteiger charge is 2.18. The lowest BCUT2D eigenvalue weighted by atomic mass is 10.3. The minimum atomic E-state index is -0.751. The van der Waals surface area contributed by atoms with Gasteiger partial charge in [0.1, 0.15) is 11.6 Å². The van der Waals surface area contributed by atoms with Crippen LogP contribution >= 0.6 is 11.8 Å². The molecule has 0 saturated carbocycles. The van der Waals surface area contributed by atoms with E-state index in [0.717, 1.165) is 30.0 Å². The summed E-state index contributed by atoms with van der Waals surface area (Å²) in [5.74, 6) is -2.55. The second-order valence-corrected chi connectivity index (χ2v) is 6.48. The highest BCUT2D eigenvalue weighted by Crippen LogP contribution is 2.25. The van der Waals surface area contributed by atoms with Crippen molar-refractivity contribution in [3.63, 3.8) is 0 Å². The van der Waals surface area contributed by atoms with E-state index in [9.17, 15) is 18.0 Å². The fourth-order valence-corrected chi connectivity index (χ4v) is 2.70. The van der Waals surface area contributed by atoms with E-state index >= 15 is 0 Å². The maximum atomic E-state index is 13.6. The van der Waals surface area contributed by atoms with Gasteiger partial charge < -0.3 is 14.5 Å². The molecule has 2 aromatic carbocycles. The van der Waals surface area contributed by atoms with Crippen LogP contribution in [0.1, 0.15) is 18.9 Å². The van der Waals surface area contributed by atoms with E-state index in [1.807, 2.05) is 0 Å². The third kappa shape index (κ3) is 5.03. The summed E-state index contributed by atoms with van der Waals surface area (Å²) < 4.78 is 51.1. The number of hydrogen-bond donors (Lipinski definition) is 1. The summed E-state index contributed by atoms with van der Waals surface area (Å²) in [6, 6.07) is 8.63. The van der Waals surface area contributed by atoms with Crippen LogP contribution < -0.4 is 10.1 Å². The number of carbonyl (C=O) groups excluding carboxylic acids is 1. The summed E-state index contributed by atoms with van der Waals surface area (Å²) in [6.07, 6.45) is -0.714. The van der Waals surface area contributed by atoms with Gasteiger partial charge in [-0.2, -0.15) is 0 Å². The molecule has 6 nitrogen and oxygen atoms in total. The van der Waals surface area contributed by atoms with Gasteiger partial charge in [-0.3, -0.25) is 4.79 Å². The Balaban J connectivity index is 1.55. The van der Waals surface area contributed by atoms with Gasteiger partial charge in [0, 0.05) is 6.07 Å². The summed E-state index contributed by atoms with van der Waals surface area (Å²) >= 11 is 0.907. The Hall–Kier alpha value is -3.01. The van der Waals surface area contributed by atoms with E-state index < -0.39 is 29.5 Å². The molecule has 0 bridgehead atoms. The first-order chi connectivity index (χ1) is 13.4. The second kappa shape index (κ2) is 8.79. The number of halogens is 3. The number of nitrogens with one attached hydrogen (secondary N) is 1. The van der Waals surface area contributed by atoms with Crippen molar-refractivity contribution in [1.82, 2.24) is 10.2 Å². The number of amides is 1. The Labute approximate surface area is 162 Å². The van der Waals surface area contributed by atoms with Crippen LogP contribution in [0.15, 0.2) is 52.1 Å². The average molecular weight is 409 g/mol. The lowest BCUT2D eigenvalue weighted by molar-refractivity contribution is -0.113. The number of aromatic nitrogens is 2. The first-order valence-electron chi connectivity index (χ1n) is 8.04. The third-order valence-electron chi connectivity index (χ3n) is 3.44. The zero-order valence-electron chi connectivity index (χ0n) is 14.5. The Morgan fingerprint density at radius 3 is 2.75 bits per heavy atom. The number of thioether (sulfide) groups is 1. The second-order valence-electron chi connectivity index (χ2n) is 5.56. The minimum Gasteiger partial charge on any atom is -0.478 e. The predicted octanol–water partition coefficient (Wildman–Crippen LogP) is 4.36. The van der Waals surface area contributed by atoms with Crippen molar-refractivity contribution in [2.24, 2.45) is 0 Å². The topological polar surface area (TPSA) is 77.2 Å². The number of hydrogen-bond acceptors (Lipinski definition) is 6. The first-order valence-corrected chi connectivity index (χ1v) is 9.03. The molecule has 146 valence electrons. The first kappa shape index (κ1) is 19.7. The van der Waals surface area contributed by atoms with Gasteiger partial charge in [0.25, 0.3) is 11.1 Å². The maximum absolute atomic E-state index is 13.6. The number of rotatable bonds is 7. The molecule has 0 aliphatic rings. The SMILES string of the molecule is C[C@H](Oc1ccccc1F)c1nnc(SCC(=O)Nc2cc(F)ccc2F)o1. The molecule has 28 heavy (non-hydrogen) atoms. The zero-order chi connectivity index (χ0) is 20.1. The van der Waals surface area contributed by atoms with Gasteiger partial charge in [-0.1, -0.05) is 23.9 Å². The molecule has 0 unspecified atom stereocenters. The van der Waals surface area contributed by atoms with Crippen molar-refractivity contribution >= 4 is 23.4 Å². The van der Waals surface area contributed by atoms with E-state index in [-0.39, 0.29) is 28.3 Å². The molecule has 0 spiro atoms. The number of nitrogens with zero attached hydrogens (tertiary/aromatic N) is 2. The van der Waals surface area contributed by atoms with Crippen LogP contribution in [0.25, 0.3) is 0 Å². The number of benzene rings is 2. The summed E-state index contributed by atoms with van der Waals surface area (Å²) in [5, 5.41) is 9.91. The smallest absolute Gasteiger partial charge is 0.277 e. The Kier molecular flexibility index (Phi) is 6.19. The Bertz CT molecular complexity index is 983. The van der Waals surface area contributed by atoms with Crippen LogP contribution in [0.5, 0.6) is 5.75 Å². The van der Waals surface area contributed by atoms with E-state index in [0.29, 0.717) is 0 Å². The standard InChI is InChI=1S/C18H14F3N3O3S/c1-10(26-15-5-3-2-4-13(15)21)17-23-24-18(27-17)28-9-16(25)22-14-8-11(19)6-7-12(14)20/h2-8,10H,9H2,1H3,(H,22,25)/t10-/m0/s1. The monoisotopic (exact) mass is 409 g/mol. The van der Waals surface area contributed by atoms with Gasteiger partial charge in [-0.25, -0.2) is 13.2 Å². The number of anilines is 1. The van der Waals surface area contributed by atoms with E-state index in [1.165, 1.54) is 18.2 Å². The molecule has 0 aliphatic carbocycles. The minimum absolute atomic E-state index is 0.0406. The van der Waals surface area contributed by atoms with Gasteiger partial charge in [-0.05, 0) is 31.2 Å². The quantitative estimate of drug-likeness (QED) is 0.585. The highest BCUT2D eigenvalue weighted by atomic mass is 32.2. The molecular weight excluding hydrogens is 395 g/mol. The Morgan fingerprint density at radius 2 is 1.96 bits per heavy atom. The van der Waals surface area contributed by atoms with Crippen molar-refractivity contribution in [1.29, 1.82) is 0 Å². The van der Waals surface area contributed by atoms with Crippen molar-refractivity contribution in [2.75, 3.05) is 11.1 Å². The van der Waals surface area contributed by atoms with Crippen molar-refractivity contribution in [3.05, 3.63) is 65.8 Å². The van der Waals surface area contributed by atoms with Gasteiger partial charge in [0.05, 0.1) is 11.4 Å². The summed E-state index contributed by atoms with van der Waals surface area (Å²) in [4.78, 5) is 11.9. The maximum Gasteiger partial charge on any atom is 0.277 e. The molecule has 0 aliphatic heterocycles. The van der Waals surface area contributed by atoms with Crippen LogP contribution in [0, 0.1) is 17.5 Å². The van der Waals surface area contributed by atoms with Crippen LogP contribution in [0.3, 0.4) is 0 Å². The summed E-state index contributed by atoms with van der Waals surface area (Å²) in [6.45, 7) is 1.60. The molecule has 3 rings (SSSR count). The predicted molar refractivity (Wildman–Crippen MR) is 95.5 cm³/mol. The van der Waals surface area contributed by atoms with Gasteiger partial charge >= 0.3 is 0 Å². The highest BCUT2D eigenvalue weighted by molar-refractivity contribution is 7.99. The molecule has 10 heteroatoms. The molecule has 1 amide bonds. The van der Waals surface area contributed by atoms with Crippen LogP contribution in [-0.2, 0) is 4.79 Å². The lowest BCUT2D eigenvalue weighted by Gasteiger charge is -2.11. The fourth-order valence-electron chi connectivity index (χ4n) is 2.13.